The summed E-state index contributed by atoms with van der Waals surface area (Å²) in [7, 11) is 0. The van der Waals surface area contributed by atoms with Gasteiger partial charge in [-0.2, -0.15) is 0 Å². The highest BCUT2D eigenvalue weighted by molar-refractivity contribution is 5.85. The van der Waals surface area contributed by atoms with E-state index < -0.39 is 6.03 Å². The monoisotopic (exact) mass is 640 g/mol. The second-order valence-electron chi connectivity index (χ2n) is 17.5. The summed E-state index contributed by atoms with van der Waals surface area (Å²) in [6.07, 6.45) is 21.1. The lowest BCUT2D eigenvalue weighted by molar-refractivity contribution is -0.866. The number of hydrogen-bond acceptors (Lipinski definition) is 2. The second kappa shape index (κ2) is 12.7. The van der Waals surface area contributed by atoms with Crippen molar-refractivity contribution in [1.29, 1.82) is 0 Å². The Labute approximate surface area is 286 Å². The normalized spacial score (nSPS) is 23.4. The van der Waals surface area contributed by atoms with Gasteiger partial charge in [-0.15, -0.1) is 0 Å². The molecule has 1 spiro atoms. The van der Waals surface area contributed by atoms with Gasteiger partial charge in [0, 0.05) is 18.4 Å². The number of nitrogens with zero attached hydrogens (tertiary/aromatic N) is 2. The van der Waals surface area contributed by atoms with Crippen LogP contribution in [0.2, 0.25) is 0 Å². The SMILES string of the molecule is CCCCC(CCCC)(CCCC)c1cc(C)c2c(c1)C=[N+]1C3CCCCC3[N+]3=Cc4cc(C(C)(C)C)cc(C(C)(C)C)c4OC13O2. The highest BCUT2D eigenvalue weighted by Gasteiger charge is 2.76. The van der Waals surface area contributed by atoms with E-state index in [4.69, 9.17) is 9.47 Å². The number of unbranched alkanes of at least 4 members (excludes halogenated alkanes) is 3. The van der Waals surface area contributed by atoms with E-state index in [0.29, 0.717) is 12.1 Å². The van der Waals surface area contributed by atoms with Crippen molar-refractivity contribution in [2.24, 2.45) is 0 Å². The summed E-state index contributed by atoms with van der Waals surface area (Å²) in [5.41, 5.74) is 8.01. The molecule has 3 heterocycles. The Hall–Kier alpha value is -2.62. The Bertz CT molecular complexity index is 1530. The minimum Gasteiger partial charge on any atom is -0.340 e. The van der Waals surface area contributed by atoms with E-state index >= 15 is 0 Å². The molecular weight excluding hydrogens is 576 g/mol. The molecule has 256 valence electrons. The summed E-state index contributed by atoms with van der Waals surface area (Å²) in [4.78, 5) is 0. The maximum Gasteiger partial charge on any atom is 0.704 e. The molecule has 4 heteroatoms. The van der Waals surface area contributed by atoms with Crippen LogP contribution < -0.4 is 9.47 Å². The first-order valence-corrected chi connectivity index (χ1v) is 19.3. The van der Waals surface area contributed by atoms with Crippen LogP contribution in [0, 0.1) is 6.92 Å². The topological polar surface area (TPSA) is 24.5 Å². The highest BCUT2D eigenvalue weighted by atomic mass is 16.7. The van der Waals surface area contributed by atoms with Crippen LogP contribution >= 0.6 is 0 Å². The van der Waals surface area contributed by atoms with Crippen LogP contribution in [0.1, 0.15) is 179 Å². The molecule has 3 atom stereocenters. The molecule has 3 unspecified atom stereocenters. The van der Waals surface area contributed by atoms with Gasteiger partial charge in [0.2, 0.25) is 12.1 Å². The predicted octanol–water partition coefficient (Wildman–Crippen LogP) is 10.7. The number of aryl methyl sites for hydroxylation is 1. The Kier molecular flexibility index (Phi) is 9.24. The fraction of sp³-hybridized carbons (Fsp3) is 0.674. The summed E-state index contributed by atoms with van der Waals surface area (Å²) in [6, 6.07) is 9.49. The Balaban J connectivity index is 1.52. The van der Waals surface area contributed by atoms with Crippen molar-refractivity contribution in [2.45, 2.75) is 187 Å². The molecule has 1 saturated carbocycles. The Morgan fingerprint density at radius 3 is 1.64 bits per heavy atom. The second-order valence-corrected chi connectivity index (χ2v) is 17.5. The van der Waals surface area contributed by atoms with Gasteiger partial charge in [-0.3, -0.25) is 0 Å². The fourth-order valence-electron chi connectivity index (χ4n) is 8.99. The molecule has 4 nitrogen and oxygen atoms in total. The maximum atomic E-state index is 7.40. The van der Waals surface area contributed by atoms with Crippen molar-refractivity contribution < 1.29 is 18.6 Å². The standard InChI is InChI=1S/C43H64N2O2/c1-11-14-21-42(22-15-12-2,23-16-13-3)34-24-30(4)38-31(26-34)28-44-36-19-17-18-20-37(36)45-29-32-25-33(40(5,6)7)27-35(41(8,9)10)39(32)47-43(44,45)46-38/h24-29,36-37H,11-23H2,1-10H3/q+2. The maximum absolute atomic E-state index is 7.40. The van der Waals surface area contributed by atoms with Crippen LogP contribution in [-0.2, 0) is 16.2 Å². The minimum atomic E-state index is -1.00. The first kappa shape index (κ1) is 34.3. The Morgan fingerprint density at radius 1 is 0.660 bits per heavy atom. The van der Waals surface area contributed by atoms with Crippen molar-refractivity contribution >= 4 is 12.4 Å². The average Bonchev–Trinajstić information content (AvgIpc) is 3.30. The summed E-state index contributed by atoms with van der Waals surface area (Å²) in [5, 5.41) is 0. The molecule has 0 bridgehead atoms. The summed E-state index contributed by atoms with van der Waals surface area (Å²) >= 11 is 0. The first-order chi connectivity index (χ1) is 22.3. The Morgan fingerprint density at radius 2 is 1.15 bits per heavy atom. The van der Waals surface area contributed by atoms with E-state index in [1.807, 2.05) is 0 Å². The zero-order chi connectivity index (χ0) is 33.8. The van der Waals surface area contributed by atoms with Crippen molar-refractivity contribution in [2.75, 3.05) is 0 Å². The van der Waals surface area contributed by atoms with Gasteiger partial charge in [0.1, 0.15) is 0 Å². The van der Waals surface area contributed by atoms with Gasteiger partial charge >= 0.3 is 6.03 Å². The third kappa shape index (κ3) is 5.99. The molecule has 2 aromatic rings. The number of rotatable bonds is 10. The zero-order valence-electron chi connectivity index (χ0n) is 31.5. The number of benzene rings is 2. The number of hydrogen-bond donors (Lipinski definition) is 0. The zero-order valence-corrected chi connectivity index (χ0v) is 31.5. The van der Waals surface area contributed by atoms with Crippen molar-refractivity contribution in [3.8, 4) is 11.5 Å². The van der Waals surface area contributed by atoms with Gasteiger partial charge in [-0.25, -0.2) is 0 Å². The molecule has 4 aliphatic rings. The molecule has 6 rings (SSSR count). The largest absolute Gasteiger partial charge is 0.704 e. The molecule has 47 heavy (non-hydrogen) atoms. The van der Waals surface area contributed by atoms with Crippen molar-refractivity contribution in [3.05, 3.63) is 57.6 Å². The lowest BCUT2D eigenvalue weighted by Crippen LogP contribution is -2.60. The summed E-state index contributed by atoms with van der Waals surface area (Å²) in [5.74, 6) is 1.97. The molecule has 2 fully saturated rings. The summed E-state index contributed by atoms with van der Waals surface area (Å²) < 4.78 is 19.7. The molecule has 3 aliphatic heterocycles. The van der Waals surface area contributed by atoms with E-state index in [1.54, 1.807) is 0 Å². The third-order valence-electron chi connectivity index (χ3n) is 11.8. The molecule has 1 saturated heterocycles. The van der Waals surface area contributed by atoms with Crippen LogP contribution in [0.25, 0.3) is 0 Å². The van der Waals surface area contributed by atoms with E-state index in [9.17, 15) is 0 Å². The molecule has 0 aromatic heterocycles. The molecule has 0 N–H and O–H groups in total. The van der Waals surface area contributed by atoms with Crippen LogP contribution in [-0.4, -0.2) is 39.7 Å². The van der Waals surface area contributed by atoms with E-state index in [1.165, 1.54) is 104 Å². The van der Waals surface area contributed by atoms with Crippen molar-refractivity contribution in [1.82, 2.24) is 0 Å². The van der Waals surface area contributed by atoms with Gasteiger partial charge in [0.25, 0.3) is 0 Å². The molecular formula is C43H64N2O2+2. The van der Waals surface area contributed by atoms with Gasteiger partial charge in [-0.05, 0) is 84.1 Å². The van der Waals surface area contributed by atoms with E-state index in [0.717, 1.165) is 24.3 Å². The van der Waals surface area contributed by atoms with E-state index in [2.05, 4.69) is 115 Å². The first-order valence-electron chi connectivity index (χ1n) is 19.3. The number of ether oxygens (including phenoxy) is 2. The highest BCUT2D eigenvalue weighted by Crippen LogP contribution is 2.49. The van der Waals surface area contributed by atoms with Crippen LogP contribution in [0.5, 0.6) is 11.5 Å². The van der Waals surface area contributed by atoms with Gasteiger partial charge in [-0.1, -0.05) is 122 Å². The lowest BCUT2D eigenvalue weighted by Gasteiger charge is -2.37. The number of fused-ring (bicyclic) bond motifs is 5. The van der Waals surface area contributed by atoms with Crippen LogP contribution in [0.3, 0.4) is 0 Å². The summed E-state index contributed by atoms with van der Waals surface area (Å²) in [6.45, 7) is 23.2. The average molecular weight is 641 g/mol. The van der Waals surface area contributed by atoms with Gasteiger partial charge in [0.15, 0.2) is 23.9 Å². The van der Waals surface area contributed by atoms with Gasteiger partial charge in [0.05, 0.1) is 11.1 Å². The third-order valence-corrected chi connectivity index (χ3v) is 11.8. The van der Waals surface area contributed by atoms with Gasteiger partial charge < -0.3 is 9.47 Å². The smallest absolute Gasteiger partial charge is 0.340 e. The molecule has 0 amide bonds. The van der Waals surface area contributed by atoms with E-state index in [-0.39, 0.29) is 16.2 Å². The lowest BCUT2D eigenvalue weighted by atomic mass is 9.69. The molecule has 0 radical (unpaired) electrons. The van der Waals surface area contributed by atoms with Crippen molar-refractivity contribution in [3.63, 3.8) is 0 Å². The minimum absolute atomic E-state index is 0.0475. The fourth-order valence-corrected chi connectivity index (χ4v) is 8.99. The van der Waals surface area contributed by atoms with Crippen LogP contribution in [0.4, 0.5) is 0 Å². The molecule has 1 aliphatic carbocycles. The van der Waals surface area contributed by atoms with Crippen LogP contribution in [0.15, 0.2) is 24.3 Å². The predicted molar refractivity (Wildman–Crippen MR) is 196 cm³/mol. The molecule has 2 aromatic carbocycles. The quantitative estimate of drug-likeness (QED) is 0.241.